The second-order valence-corrected chi connectivity index (χ2v) is 8.34. The molecule has 162 valence electrons. The Bertz CT molecular complexity index is 1440. The van der Waals surface area contributed by atoms with Gasteiger partial charge in [0.25, 0.3) is 11.6 Å². The first-order valence-corrected chi connectivity index (χ1v) is 11.0. The first kappa shape index (κ1) is 20.6. The maximum Gasteiger partial charge on any atom is 0.287 e. The van der Waals surface area contributed by atoms with Gasteiger partial charge < -0.3 is 9.73 Å². The molecule has 3 aromatic carbocycles. The predicted molar refractivity (Wildman–Crippen MR) is 127 cm³/mol. The van der Waals surface area contributed by atoms with Crippen LogP contribution in [0.25, 0.3) is 32.1 Å². The van der Waals surface area contributed by atoms with Crippen molar-refractivity contribution in [3.05, 3.63) is 106 Å². The number of rotatable bonds is 6. The Kier molecular flexibility index (Phi) is 5.42. The van der Waals surface area contributed by atoms with Crippen LogP contribution in [0.5, 0.6) is 0 Å². The van der Waals surface area contributed by atoms with Gasteiger partial charge in [0.1, 0.15) is 10.8 Å². The van der Waals surface area contributed by atoms with Gasteiger partial charge >= 0.3 is 0 Å². The number of hydrogen-bond acceptors (Lipinski definition) is 6. The highest BCUT2D eigenvalue weighted by Crippen LogP contribution is 2.31. The minimum absolute atomic E-state index is 0.0768. The topological polar surface area (TPSA) is 98.3 Å². The minimum Gasteiger partial charge on any atom is -0.451 e. The van der Waals surface area contributed by atoms with Gasteiger partial charge in [-0.05, 0) is 35.9 Å². The van der Waals surface area contributed by atoms with Gasteiger partial charge in [-0.2, -0.15) is 0 Å². The molecule has 2 aromatic heterocycles. The Hall–Kier alpha value is -4.30. The van der Waals surface area contributed by atoms with Crippen LogP contribution in [0.4, 0.5) is 5.69 Å². The molecule has 1 N–H and O–H groups in total. The minimum atomic E-state index is -0.477. The van der Waals surface area contributed by atoms with Gasteiger partial charge in [-0.3, -0.25) is 14.9 Å². The molecule has 0 unspecified atom stereocenters. The molecule has 0 bridgehead atoms. The lowest BCUT2D eigenvalue weighted by Crippen LogP contribution is -2.22. The Labute approximate surface area is 192 Å². The zero-order valence-electron chi connectivity index (χ0n) is 17.2. The van der Waals surface area contributed by atoms with Crippen LogP contribution in [0.15, 0.2) is 89.3 Å². The smallest absolute Gasteiger partial charge is 0.287 e. The molecule has 1 amide bonds. The van der Waals surface area contributed by atoms with Gasteiger partial charge in [0.2, 0.25) is 0 Å². The van der Waals surface area contributed by atoms with Crippen molar-refractivity contribution < 1.29 is 14.1 Å². The second kappa shape index (κ2) is 8.68. The molecular formula is C25H17N3O4S. The SMILES string of the molecule is O=C(NCc1ccc(-c2nc3ccccc3s2)cc1)c1ccc(-c2ccccc2[N+](=O)[O-])o1. The molecule has 33 heavy (non-hydrogen) atoms. The van der Waals surface area contributed by atoms with Gasteiger partial charge in [-0.25, -0.2) is 4.98 Å². The highest BCUT2D eigenvalue weighted by molar-refractivity contribution is 7.21. The van der Waals surface area contributed by atoms with Crippen molar-refractivity contribution in [3.8, 4) is 21.9 Å². The normalized spacial score (nSPS) is 10.9. The third-order valence-corrected chi connectivity index (χ3v) is 6.23. The van der Waals surface area contributed by atoms with Crippen LogP contribution in [0.3, 0.4) is 0 Å². The summed E-state index contributed by atoms with van der Waals surface area (Å²) in [6, 6.07) is 25.2. The van der Waals surface area contributed by atoms with Gasteiger partial charge in [0.15, 0.2) is 5.76 Å². The van der Waals surface area contributed by atoms with Crippen LogP contribution in [0.2, 0.25) is 0 Å². The van der Waals surface area contributed by atoms with E-state index in [4.69, 9.17) is 4.42 Å². The Balaban J connectivity index is 1.26. The van der Waals surface area contributed by atoms with E-state index in [0.717, 1.165) is 26.4 Å². The average molecular weight is 455 g/mol. The summed E-state index contributed by atoms with van der Waals surface area (Å²) < 4.78 is 6.73. The van der Waals surface area contributed by atoms with Gasteiger partial charge in [-0.15, -0.1) is 11.3 Å². The molecule has 8 heteroatoms. The van der Waals surface area contributed by atoms with Gasteiger partial charge in [-0.1, -0.05) is 48.5 Å². The summed E-state index contributed by atoms with van der Waals surface area (Å²) >= 11 is 1.64. The first-order valence-electron chi connectivity index (χ1n) is 10.2. The highest BCUT2D eigenvalue weighted by atomic mass is 32.1. The fraction of sp³-hybridized carbons (Fsp3) is 0.0400. The summed E-state index contributed by atoms with van der Waals surface area (Å²) in [5, 5.41) is 15.0. The third-order valence-electron chi connectivity index (χ3n) is 5.14. The van der Waals surface area contributed by atoms with E-state index < -0.39 is 10.8 Å². The monoisotopic (exact) mass is 455 g/mol. The maximum atomic E-state index is 12.5. The number of benzene rings is 3. The van der Waals surface area contributed by atoms with Crippen LogP contribution < -0.4 is 5.32 Å². The molecule has 0 saturated carbocycles. The molecular weight excluding hydrogens is 438 g/mol. The number of carbonyl (C=O) groups excluding carboxylic acids is 1. The lowest BCUT2D eigenvalue weighted by molar-refractivity contribution is -0.384. The van der Waals surface area contributed by atoms with Crippen molar-refractivity contribution in [3.63, 3.8) is 0 Å². The van der Waals surface area contributed by atoms with Crippen molar-refractivity contribution in [1.29, 1.82) is 0 Å². The van der Waals surface area contributed by atoms with E-state index >= 15 is 0 Å². The van der Waals surface area contributed by atoms with Crippen LogP contribution in [-0.2, 0) is 6.54 Å². The molecule has 5 aromatic rings. The number of nitrogens with one attached hydrogen (secondary N) is 1. The zero-order valence-corrected chi connectivity index (χ0v) is 18.0. The van der Waals surface area contributed by atoms with Crippen molar-refractivity contribution in [2.75, 3.05) is 0 Å². The number of furan rings is 1. The van der Waals surface area contributed by atoms with E-state index in [-0.39, 0.29) is 17.2 Å². The molecule has 0 aliphatic heterocycles. The van der Waals surface area contributed by atoms with Gasteiger partial charge in [0.05, 0.1) is 20.7 Å². The number of hydrogen-bond donors (Lipinski definition) is 1. The van der Waals surface area contributed by atoms with Crippen LogP contribution in [0, 0.1) is 10.1 Å². The number of aromatic nitrogens is 1. The average Bonchev–Trinajstić information content (AvgIpc) is 3.50. The lowest BCUT2D eigenvalue weighted by atomic mass is 10.1. The summed E-state index contributed by atoms with van der Waals surface area (Å²) in [6.45, 7) is 0.320. The number of nitro groups is 1. The summed E-state index contributed by atoms with van der Waals surface area (Å²) in [6.07, 6.45) is 0. The standard InChI is InChI=1S/C25H17N3O4S/c29-24(22-14-13-21(32-22)18-5-1-3-7-20(18)28(30)31)26-15-16-9-11-17(12-10-16)25-27-19-6-2-4-8-23(19)33-25/h1-14H,15H2,(H,26,29). The lowest BCUT2D eigenvalue weighted by Gasteiger charge is -2.05. The van der Waals surface area contributed by atoms with E-state index in [9.17, 15) is 14.9 Å². The number of amides is 1. The Morgan fingerprint density at radius 2 is 1.73 bits per heavy atom. The molecule has 0 aliphatic carbocycles. The summed E-state index contributed by atoms with van der Waals surface area (Å²) in [7, 11) is 0. The molecule has 0 radical (unpaired) electrons. The zero-order chi connectivity index (χ0) is 22.8. The number of nitrogens with zero attached hydrogens (tertiary/aromatic N) is 2. The molecule has 0 aliphatic rings. The molecule has 0 fully saturated rings. The highest BCUT2D eigenvalue weighted by Gasteiger charge is 2.19. The summed E-state index contributed by atoms with van der Waals surface area (Å²) in [4.78, 5) is 27.9. The first-order chi connectivity index (χ1) is 16.1. The van der Waals surface area contributed by atoms with Crippen LogP contribution >= 0.6 is 11.3 Å². The van der Waals surface area contributed by atoms with E-state index in [0.29, 0.717) is 12.1 Å². The molecule has 0 saturated heterocycles. The quantitative estimate of drug-likeness (QED) is 0.248. The van der Waals surface area contributed by atoms with Gasteiger partial charge in [0, 0.05) is 18.2 Å². The summed E-state index contributed by atoms with van der Waals surface area (Å²) in [5.41, 5.74) is 3.18. The van der Waals surface area contributed by atoms with Crippen molar-refractivity contribution in [2.45, 2.75) is 6.54 Å². The molecule has 2 heterocycles. The van der Waals surface area contributed by atoms with E-state index in [2.05, 4.69) is 16.4 Å². The number of nitro benzene ring substituents is 1. The largest absolute Gasteiger partial charge is 0.451 e. The van der Waals surface area contributed by atoms with E-state index in [1.54, 1.807) is 35.6 Å². The van der Waals surface area contributed by atoms with Crippen molar-refractivity contribution in [2.24, 2.45) is 0 Å². The summed E-state index contributed by atoms with van der Waals surface area (Å²) in [5.74, 6) is -0.0306. The fourth-order valence-electron chi connectivity index (χ4n) is 3.48. The molecule has 0 spiro atoms. The van der Waals surface area contributed by atoms with E-state index in [1.807, 2.05) is 42.5 Å². The number of para-hydroxylation sites is 2. The van der Waals surface area contributed by atoms with E-state index in [1.165, 1.54) is 12.1 Å². The predicted octanol–water partition coefficient (Wildman–Crippen LogP) is 6.06. The number of fused-ring (bicyclic) bond motifs is 1. The Morgan fingerprint density at radius 3 is 2.52 bits per heavy atom. The van der Waals surface area contributed by atoms with Crippen molar-refractivity contribution >= 4 is 33.1 Å². The number of thiazole rings is 1. The molecule has 0 atom stereocenters. The van der Waals surface area contributed by atoms with Crippen LogP contribution in [0.1, 0.15) is 16.1 Å². The van der Waals surface area contributed by atoms with Crippen molar-refractivity contribution in [1.82, 2.24) is 10.3 Å². The number of carbonyl (C=O) groups is 1. The van der Waals surface area contributed by atoms with Crippen LogP contribution in [-0.4, -0.2) is 15.8 Å². The maximum absolute atomic E-state index is 12.5. The molecule has 5 rings (SSSR count). The second-order valence-electron chi connectivity index (χ2n) is 7.30. The molecule has 7 nitrogen and oxygen atoms in total. The Morgan fingerprint density at radius 1 is 0.970 bits per heavy atom. The fourth-order valence-corrected chi connectivity index (χ4v) is 4.45. The third kappa shape index (κ3) is 4.24.